The highest BCUT2D eigenvalue weighted by Gasteiger charge is 2.31. The topological polar surface area (TPSA) is 55.1 Å². The van der Waals surface area contributed by atoms with E-state index in [4.69, 9.17) is 5.73 Å². The molecule has 0 heterocycles. The molecule has 0 aromatic rings. The molecule has 0 aromatic heterocycles. The van der Waals surface area contributed by atoms with Gasteiger partial charge in [-0.25, -0.2) is 0 Å². The van der Waals surface area contributed by atoms with Crippen molar-refractivity contribution in [3.8, 4) is 0 Å². The van der Waals surface area contributed by atoms with E-state index in [2.05, 4.69) is 33.0 Å². The average molecular weight is 305 g/mol. The number of nitrogens with two attached hydrogens (primary N) is 1. The van der Waals surface area contributed by atoms with Gasteiger partial charge in [-0.1, -0.05) is 27.2 Å². The lowest BCUT2D eigenvalue weighted by Crippen LogP contribution is -2.54. The zero-order valence-electron chi connectivity index (χ0n) is 13.6. The molecule has 0 aliphatic heterocycles. The van der Waals surface area contributed by atoms with Crippen LogP contribution in [0.3, 0.4) is 0 Å². The Morgan fingerprint density at radius 2 is 1.85 bits per heavy atom. The predicted molar refractivity (Wildman–Crippen MR) is 88.0 cm³/mol. The van der Waals surface area contributed by atoms with Crippen LogP contribution in [0.4, 0.5) is 0 Å². The molecule has 0 radical (unpaired) electrons. The summed E-state index contributed by atoms with van der Waals surface area (Å²) in [6, 6.07) is 0. The first kappa shape index (κ1) is 19.7. The maximum atomic E-state index is 12.4. The Morgan fingerprint density at radius 1 is 1.30 bits per heavy atom. The molecule has 120 valence electrons. The second kappa shape index (κ2) is 8.89. The molecule has 3 nitrogen and oxygen atoms in total. The smallest absolute Gasteiger partial charge is 0.223 e. The van der Waals surface area contributed by atoms with E-state index in [0.29, 0.717) is 12.5 Å². The van der Waals surface area contributed by atoms with Crippen molar-refractivity contribution >= 4 is 18.3 Å². The minimum Gasteiger partial charge on any atom is -0.349 e. The van der Waals surface area contributed by atoms with E-state index in [-0.39, 0.29) is 29.8 Å². The summed E-state index contributed by atoms with van der Waals surface area (Å²) in [7, 11) is 0. The Morgan fingerprint density at radius 3 is 2.25 bits per heavy atom. The van der Waals surface area contributed by atoms with Crippen LogP contribution in [0.25, 0.3) is 0 Å². The van der Waals surface area contributed by atoms with Gasteiger partial charge in [-0.3, -0.25) is 4.79 Å². The quantitative estimate of drug-likeness (QED) is 0.789. The zero-order chi connectivity index (χ0) is 14.5. The molecule has 0 bridgehead atoms. The zero-order valence-corrected chi connectivity index (χ0v) is 14.4. The van der Waals surface area contributed by atoms with Gasteiger partial charge in [0.1, 0.15) is 0 Å². The van der Waals surface area contributed by atoms with Gasteiger partial charge < -0.3 is 11.1 Å². The van der Waals surface area contributed by atoms with Crippen LogP contribution in [0.2, 0.25) is 0 Å². The lowest BCUT2D eigenvalue weighted by Gasteiger charge is -2.34. The molecule has 1 rings (SSSR count). The van der Waals surface area contributed by atoms with E-state index in [9.17, 15) is 4.79 Å². The van der Waals surface area contributed by atoms with E-state index >= 15 is 0 Å². The van der Waals surface area contributed by atoms with Crippen LogP contribution in [0.5, 0.6) is 0 Å². The number of rotatable bonds is 6. The van der Waals surface area contributed by atoms with Gasteiger partial charge in [0.05, 0.1) is 0 Å². The van der Waals surface area contributed by atoms with Crippen LogP contribution < -0.4 is 11.1 Å². The standard InChI is InChI=1S/C16H32N2O.ClH/c1-5-13-6-8-14(9-7-13)15(19)18-16(4,11-17)10-12(2)3;/h12-14H,5-11,17H2,1-4H3,(H,18,19);1H. The van der Waals surface area contributed by atoms with E-state index < -0.39 is 0 Å². The van der Waals surface area contributed by atoms with Gasteiger partial charge in [0.2, 0.25) is 5.91 Å². The van der Waals surface area contributed by atoms with Crippen molar-refractivity contribution in [2.24, 2.45) is 23.5 Å². The fourth-order valence-corrected chi connectivity index (χ4v) is 3.32. The number of hydrogen-bond donors (Lipinski definition) is 2. The lowest BCUT2D eigenvalue weighted by molar-refractivity contribution is -0.128. The van der Waals surface area contributed by atoms with Gasteiger partial charge in [0.15, 0.2) is 0 Å². The van der Waals surface area contributed by atoms with Crippen LogP contribution in [0.1, 0.15) is 66.2 Å². The summed E-state index contributed by atoms with van der Waals surface area (Å²) in [4.78, 5) is 12.4. The largest absolute Gasteiger partial charge is 0.349 e. The highest BCUT2D eigenvalue weighted by molar-refractivity contribution is 5.85. The normalized spacial score (nSPS) is 25.7. The second-order valence-corrected chi connectivity index (χ2v) is 6.98. The fraction of sp³-hybridized carbons (Fsp3) is 0.938. The van der Waals surface area contributed by atoms with Crippen molar-refractivity contribution in [2.45, 2.75) is 71.8 Å². The Bertz CT molecular complexity index is 288. The van der Waals surface area contributed by atoms with Crippen molar-refractivity contribution < 1.29 is 4.79 Å². The SMILES string of the molecule is CCC1CCC(C(=O)NC(C)(CN)CC(C)C)CC1.Cl. The molecule has 4 heteroatoms. The molecule has 1 amide bonds. The van der Waals surface area contributed by atoms with Crippen LogP contribution >= 0.6 is 12.4 Å². The van der Waals surface area contributed by atoms with Crippen molar-refractivity contribution in [3.63, 3.8) is 0 Å². The Balaban J connectivity index is 0.00000361. The molecule has 1 aliphatic carbocycles. The molecule has 3 N–H and O–H groups in total. The average Bonchev–Trinajstić information content (AvgIpc) is 2.37. The van der Waals surface area contributed by atoms with Gasteiger partial charge in [0.25, 0.3) is 0 Å². The summed E-state index contributed by atoms with van der Waals surface area (Å²) in [5, 5.41) is 3.21. The van der Waals surface area contributed by atoms with Crippen molar-refractivity contribution in [1.82, 2.24) is 5.32 Å². The van der Waals surface area contributed by atoms with Gasteiger partial charge in [-0.2, -0.15) is 0 Å². The number of carbonyl (C=O) groups excluding carboxylic acids is 1. The molecule has 1 fully saturated rings. The fourth-order valence-electron chi connectivity index (χ4n) is 3.32. The van der Waals surface area contributed by atoms with Crippen molar-refractivity contribution in [3.05, 3.63) is 0 Å². The van der Waals surface area contributed by atoms with E-state index in [1.807, 2.05) is 0 Å². The number of hydrogen-bond acceptors (Lipinski definition) is 2. The van der Waals surface area contributed by atoms with Gasteiger partial charge in [-0.15, -0.1) is 12.4 Å². The molecule has 1 saturated carbocycles. The molecular weight excluding hydrogens is 272 g/mol. The second-order valence-electron chi connectivity index (χ2n) is 6.98. The number of carbonyl (C=O) groups is 1. The van der Waals surface area contributed by atoms with Crippen LogP contribution in [0.15, 0.2) is 0 Å². The summed E-state index contributed by atoms with van der Waals surface area (Å²) in [6.45, 7) is 9.18. The van der Waals surface area contributed by atoms with Crippen LogP contribution in [0, 0.1) is 17.8 Å². The first-order valence-electron chi connectivity index (χ1n) is 7.92. The molecule has 20 heavy (non-hydrogen) atoms. The minimum atomic E-state index is -0.243. The third-order valence-electron chi connectivity index (χ3n) is 4.53. The molecule has 1 unspecified atom stereocenters. The third-order valence-corrected chi connectivity index (χ3v) is 4.53. The maximum Gasteiger partial charge on any atom is 0.223 e. The van der Waals surface area contributed by atoms with Crippen molar-refractivity contribution in [1.29, 1.82) is 0 Å². The maximum absolute atomic E-state index is 12.4. The Kier molecular flexibility index (Phi) is 8.76. The molecule has 1 atom stereocenters. The van der Waals surface area contributed by atoms with E-state index in [0.717, 1.165) is 25.2 Å². The monoisotopic (exact) mass is 304 g/mol. The minimum absolute atomic E-state index is 0. The van der Waals surface area contributed by atoms with Crippen LogP contribution in [-0.2, 0) is 4.79 Å². The summed E-state index contributed by atoms with van der Waals surface area (Å²) >= 11 is 0. The number of halogens is 1. The van der Waals surface area contributed by atoms with Gasteiger partial charge >= 0.3 is 0 Å². The number of nitrogens with one attached hydrogen (secondary N) is 1. The Hall–Kier alpha value is -0.280. The lowest BCUT2D eigenvalue weighted by atomic mass is 9.80. The first-order valence-corrected chi connectivity index (χ1v) is 7.92. The highest BCUT2D eigenvalue weighted by atomic mass is 35.5. The number of amides is 1. The van der Waals surface area contributed by atoms with E-state index in [1.54, 1.807) is 0 Å². The summed E-state index contributed by atoms with van der Waals surface area (Å²) in [5.74, 6) is 1.81. The summed E-state index contributed by atoms with van der Waals surface area (Å²) in [6.07, 6.45) is 6.71. The third kappa shape index (κ3) is 6.01. The molecule has 0 spiro atoms. The van der Waals surface area contributed by atoms with Crippen LogP contribution in [-0.4, -0.2) is 18.0 Å². The van der Waals surface area contributed by atoms with Crippen molar-refractivity contribution in [2.75, 3.05) is 6.54 Å². The first-order chi connectivity index (χ1) is 8.90. The van der Waals surface area contributed by atoms with Gasteiger partial charge in [0, 0.05) is 18.0 Å². The molecule has 0 saturated heterocycles. The Labute approximate surface area is 130 Å². The molecule has 1 aliphatic rings. The summed E-state index contributed by atoms with van der Waals surface area (Å²) in [5.41, 5.74) is 5.62. The van der Waals surface area contributed by atoms with E-state index in [1.165, 1.54) is 19.3 Å². The predicted octanol–water partition coefficient (Wildman–Crippen LogP) is 3.50. The summed E-state index contributed by atoms with van der Waals surface area (Å²) < 4.78 is 0. The molecule has 0 aromatic carbocycles. The molecular formula is C16H33ClN2O. The van der Waals surface area contributed by atoms with Gasteiger partial charge in [-0.05, 0) is 50.9 Å². The highest BCUT2D eigenvalue weighted by Crippen LogP contribution is 2.31.